The summed E-state index contributed by atoms with van der Waals surface area (Å²) >= 11 is 0. The molecule has 0 spiro atoms. The third-order valence-electron chi connectivity index (χ3n) is 4.66. The van der Waals surface area contributed by atoms with Gasteiger partial charge in [-0.05, 0) is 30.5 Å². The number of benzene rings is 1. The summed E-state index contributed by atoms with van der Waals surface area (Å²) in [5.74, 6) is -2.09. The van der Waals surface area contributed by atoms with Crippen molar-refractivity contribution in [1.29, 1.82) is 5.41 Å². The van der Waals surface area contributed by atoms with Gasteiger partial charge in [-0.1, -0.05) is 12.1 Å². The first-order valence-corrected chi connectivity index (χ1v) is 10.3. The molecule has 0 aliphatic rings. The van der Waals surface area contributed by atoms with Crippen molar-refractivity contribution in [3.05, 3.63) is 29.8 Å². The monoisotopic (exact) mass is 462 g/mol. The van der Waals surface area contributed by atoms with Gasteiger partial charge >= 0.3 is 5.97 Å². The van der Waals surface area contributed by atoms with E-state index >= 15 is 0 Å². The number of nitrogens with one attached hydrogen (secondary N) is 4. The van der Waals surface area contributed by atoms with Crippen molar-refractivity contribution < 1.29 is 33.4 Å². The van der Waals surface area contributed by atoms with Gasteiger partial charge in [0.05, 0.1) is 20.4 Å². The minimum atomic E-state index is -1.09. The number of esters is 1. The number of ether oxygens (including phenoxy) is 2. The smallest absolute Gasteiger partial charge is 0.305 e. The predicted octanol–water partition coefficient (Wildman–Crippen LogP) is 0.253. The molecule has 33 heavy (non-hydrogen) atoms. The highest BCUT2D eigenvalue weighted by atomic mass is 16.5. The summed E-state index contributed by atoms with van der Waals surface area (Å²) < 4.78 is 9.65. The molecule has 0 bridgehead atoms. The molecule has 0 unspecified atom stereocenters. The second-order valence-electron chi connectivity index (χ2n) is 7.14. The lowest BCUT2D eigenvalue weighted by Gasteiger charge is -2.22. The standard InChI is InChI=1S/C22H30N4O7/c1-14(27)25-19(10-11-20(29)33-3)22(31)26-18(9-6-16(28)12-23)21(30)24-13-15-4-7-17(32-2)8-5-15/h4-5,7-8,12,18-19,23H,6,9-11,13H2,1-3H3,(H,24,30)(H,25,27)(H,26,31)/t18-,19-/m0/s1. The number of rotatable bonds is 14. The number of hydrogen-bond acceptors (Lipinski definition) is 8. The average Bonchev–Trinajstić information content (AvgIpc) is 2.81. The van der Waals surface area contributed by atoms with E-state index in [0.29, 0.717) is 12.0 Å². The lowest BCUT2D eigenvalue weighted by atomic mass is 10.1. The van der Waals surface area contributed by atoms with Crippen molar-refractivity contribution in [1.82, 2.24) is 16.0 Å². The lowest BCUT2D eigenvalue weighted by molar-refractivity contribution is -0.141. The fourth-order valence-corrected chi connectivity index (χ4v) is 2.83. The Balaban J connectivity index is 2.87. The number of amides is 3. The summed E-state index contributed by atoms with van der Waals surface area (Å²) in [7, 11) is 2.75. The molecule has 11 heteroatoms. The van der Waals surface area contributed by atoms with Crippen molar-refractivity contribution in [3.8, 4) is 5.75 Å². The number of carbonyl (C=O) groups is 5. The molecule has 1 aromatic rings. The molecule has 3 amide bonds. The van der Waals surface area contributed by atoms with Crippen LogP contribution in [0.15, 0.2) is 24.3 Å². The normalized spacial score (nSPS) is 12.0. The van der Waals surface area contributed by atoms with Crippen LogP contribution in [0.5, 0.6) is 5.75 Å². The summed E-state index contributed by atoms with van der Waals surface area (Å²) in [5, 5.41) is 14.7. The third kappa shape index (κ3) is 10.4. The summed E-state index contributed by atoms with van der Waals surface area (Å²) in [6.45, 7) is 1.39. The fraction of sp³-hybridized carbons (Fsp3) is 0.455. The summed E-state index contributed by atoms with van der Waals surface area (Å²) in [5.41, 5.74) is 0.791. The molecule has 11 nitrogen and oxygen atoms in total. The van der Waals surface area contributed by atoms with Gasteiger partial charge in [0.15, 0.2) is 5.78 Å². The van der Waals surface area contributed by atoms with Crippen LogP contribution in [-0.2, 0) is 35.3 Å². The minimum absolute atomic E-state index is 0.0301. The maximum atomic E-state index is 12.8. The van der Waals surface area contributed by atoms with E-state index in [9.17, 15) is 24.0 Å². The number of methoxy groups -OCH3 is 2. The minimum Gasteiger partial charge on any atom is -0.497 e. The first-order valence-electron chi connectivity index (χ1n) is 10.3. The van der Waals surface area contributed by atoms with E-state index in [1.54, 1.807) is 31.4 Å². The van der Waals surface area contributed by atoms with Crippen molar-refractivity contribution >= 4 is 35.7 Å². The van der Waals surface area contributed by atoms with Crippen molar-refractivity contribution in [3.63, 3.8) is 0 Å². The molecule has 1 rings (SSSR count). The molecule has 2 atom stereocenters. The fourth-order valence-electron chi connectivity index (χ4n) is 2.83. The number of carbonyl (C=O) groups excluding carboxylic acids is 5. The number of Topliss-reactive ketones (excluding diaryl/α,β-unsaturated/α-hetero) is 1. The maximum absolute atomic E-state index is 12.8. The highest BCUT2D eigenvalue weighted by Gasteiger charge is 2.27. The Kier molecular flexibility index (Phi) is 11.8. The topological polar surface area (TPSA) is 164 Å². The lowest BCUT2D eigenvalue weighted by Crippen LogP contribution is -2.53. The Labute approximate surface area is 192 Å². The summed E-state index contributed by atoms with van der Waals surface area (Å²) in [6, 6.07) is 4.85. The van der Waals surface area contributed by atoms with Crippen LogP contribution in [0.2, 0.25) is 0 Å². The van der Waals surface area contributed by atoms with E-state index in [-0.39, 0.29) is 32.2 Å². The molecular formula is C22H30N4O7. The second kappa shape index (κ2) is 14.3. The van der Waals surface area contributed by atoms with Gasteiger partial charge in [-0.2, -0.15) is 0 Å². The molecule has 0 aliphatic heterocycles. The van der Waals surface area contributed by atoms with E-state index in [1.807, 2.05) is 0 Å². The van der Waals surface area contributed by atoms with Crippen LogP contribution < -0.4 is 20.7 Å². The van der Waals surface area contributed by atoms with Gasteiger partial charge in [0, 0.05) is 26.3 Å². The largest absolute Gasteiger partial charge is 0.497 e. The molecule has 4 N–H and O–H groups in total. The van der Waals surface area contributed by atoms with Gasteiger partial charge in [0.1, 0.15) is 17.8 Å². The zero-order chi connectivity index (χ0) is 24.8. The van der Waals surface area contributed by atoms with Crippen LogP contribution >= 0.6 is 0 Å². The molecule has 180 valence electrons. The van der Waals surface area contributed by atoms with Crippen molar-refractivity contribution in [2.24, 2.45) is 0 Å². The summed E-state index contributed by atoms with van der Waals surface area (Å²) in [6.07, 6.45) is 0.327. The van der Waals surface area contributed by atoms with Gasteiger partial charge in [-0.25, -0.2) is 0 Å². The van der Waals surface area contributed by atoms with E-state index in [2.05, 4.69) is 20.7 Å². The number of hydrogen-bond donors (Lipinski definition) is 4. The van der Waals surface area contributed by atoms with Crippen LogP contribution in [0.1, 0.15) is 38.2 Å². The van der Waals surface area contributed by atoms with E-state index in [0.717, 1.165) is 5.56 Å². The highest BCUT2D eigenvalue weighted by Crippen LogP contribution is 2.11. The first kappa shape index (κ1) is 27.3. The van der Waals surface area contributed by atoms with Gasteiger partial charge in [-0.15, -0.1) is 0 Å². The molecule has 0 heterocycles. The molecule has 0 radical (unpaired) electrons. The molecule has 0 fully saturated rings. The quantitative estimate of drug-likeness (QED) is 0.227. The Morgan fingerprint density at radius 2 is 1.55 bits per heavy atom. The van der Waals surface area contributed by atoms with Crippen LogP contribution in [0.4, 0.5) is 0 Å². The zero-order valence-corrected chi connectivity index (χ0v) is 18.9. The Hall–Kier alpha value is -3.76. The van der Waals surface area contributed by atoms with Crippen molar-refractivity contribution in [2.45, 2.75) is 51.2 Å². The number of ketones is 1. The molecule has 0 aromatic heterocycles. The molecule has 1 aromatic carbocycles. The van der Waals surface area contributed by atoms with Crippen LogP contribution in [0.25, 0.3) is 0 Å². The maximum Gasteiger partial charge on any atom is 0.305 e. The average molecular weight is 463 g/mol. The van der Waals surface area contributed by atoms with Crippen LogP contribution in [0.3, 0.4) is 0 Å². The van der Waals surface area contributed by atoms with Crippen LogP contribution in [-0.4, -0.2) is 62.0 Å². The first-order chi connectivity index (χ1) is 15.7. The van der Waals surface area contributed by atoms with E-state index < -0.39 is 41.6 Å². The molecule has 0 saturated heterocycles. The predicted molar refractivity (Wildman–Crippen MR) is 119 cm³/mol. The van der Waals surface area contributed by atoms with E-state index in [4.69, 9.17) is 10.1 Å². The van der Waals surface area contributed by atoms with Gasteiger partial charge in [0.2, 0.25) is 17.7 Å². The van der Waals surface area contributed by atoms with Crippen molar-refractivity contribution in [2.75, 3.05) is 14.2 Å². The molecular weight excluding hydrogens is 432 g/mol. The van der Waals surface area contributed by atoms with E-state index in [1.165, 1.54) is 14.0 Å². The zero-order valence-electron chi connectivity index (χ0n) is 18.9. The summed E-state index contributed by atoms with van der Waals surface area (Å²) in [4.78, 5) is 60.0. The Morgan fingerprint density at radius 3 is 2.09 bits per heavy atom. The van der Waals surface area contributed by atoms with Gasteiger partial charge in [-0.3, -0.25) is 24.0 Å². The van der Waals surface area contributed by atoms with Gasteiger partial charge < -0.3 is 30.8 Å². The van der Waals surface area contributed by atoms with Gasteiger partial charge in [0.25, 0.3) is 0 Å². The Morgan fingerprint density at radius 1 is 0.939 bits per heavy atom. The second-order valence-corrected chi connectivity index (χ2v) is 7.14. The molecule has 0 saturated carbocycles. The molecule has 0 aliphatic carbocycles. The Bertz CT molecular complexity index is 855. The van der Waals surface area contributed by atoms with Crippen LogP contribution in [0, 0.1) is 5.41 Å². The third-order valence-corrected chi connectivity index (χ3v) is 4.66. The SMILES string of the molecule is COC(=O)CC[C@H](NC(C)=O)C(=O)N[C@@H](CCC(=O)C=N)C(=O)NCc1ccc(OC)cc1. The highest BCUT2D eigenvalue weighted by molar-refractivity contribution is 6.26.